The van der Waals surface area contributed by atoms with Crippen LogP contribution < -0.4 is 5.73 Å². The fourth-order valence-corrected chi connectivity index (χ4v) is 2.41. The molecule has 0 saturated heterocycles. The van der Waals surface area contributed by atoms with Crippen molar-refractivity contribution in [2.45, 2.75) is 13.0 Å². The Balaban J connectivity index is 2.50. The van der Waals surface area contributed by atoms with Crippen LogP contribution in [0.5, 0.6) is 0 Å². The molecule has 1 unspecified atom stereocenters. The van der Waals surface area contributed by atoms with Crippen molar-refractivity contribution >= 4 is 15.9 Å². The molecule has 1 heterocycles. The van der Waals surface area contributed by atoms with Gasteiger partial charge in [-0.1, -0.05) is 17.7 Å². The van der Waals surface area contributed by atoms with Gasteiger partial charge in [-0.3, -0.25) is 4.68 Å². The molecule has 0 amide bonds. The molecule has 1 aromatic carbocycles. The van der Waals surface area contributed by atoms with Gasteiger partial charge in [0.1, 0.15) is 5.82 Å². The summed E-state index contributed by atoms with van der Waals surface area (Å²) in [7, 11) is 1.79. The maximum Gasteiger partial charge on any atom is 0.128 e. The second-order valence-corrected chi connectivity index (χ2v) is 4.86. The van der Waals surface area contributed by atoms with Gasteiger partial charge in [0.15, 0.2) is 0 Å². The molecule has 0 fully saturated rings. The van der Waals surface area contributed by atoms with Gasteiger partial charge in [0.05, 0.1) is 22.4 Å². The minimum atomic E-state index is -0.531. The predicted octanol–water partition coefficient (Wildman–Crippen LogP) is 2.68. The van der Waals surface area contributed by atoms with Crippen LogP contribution in [-0.4, -0.2) is 9.78 Å². The molecule has 0 spiro atoms. The van der Waals surface area contributed by atoms with Gasteiger partial charge in [0.2, 0.25) is 0 Å². The number of benzene rings is 1. The van der Waals surface area contributed by atoms with Crippen LogP contribution in [0.3, 0.4) is 0 Å². The zero-order valence-electron chi connectivity index (χ0n) is 9.61. The number of aromatic nitrogens is 2. The van der Waals surface area contributed by atoms with E-state index in [2.05, 4.69) is 21.0 Å². The fraction of sp³-hybridized carbons (Fsp3) is 0.250. The van der Waals surface area contributed by atoms with Crippen LogP contribution in [0.4, 0.5) is 4.39 Å². The monoisotopic (exact) mass is 297 g/mol. The van der Waals surface area contributed by atoms with E-state index in [1.807, 2.05) is 6.92 Å². The average molecular weight is 298 g/mol. The first-order valence-corrected chi connectivity index (χ1v) is 5.99. The summed E-state index contributed by atoms with van der Waals surface area (Å²) < 4.78 is 16.2. The third kappa shape index (κ3) is 2.25. The zero-order valence-corrected chi connectivity index (χ0v) is 11.2. The summed E-state index contributed by atoms with van der Waals surface area (Å²) >= 11 is 3.37. The van der Waals surface area contributed by atoms with Crippen molar-refractivity contribution in [2.75, 3.05) is 0 Å². The molecular weight excluding hydrogens is 285 g/mol. The normalized spacial score (nSPS) is 12.8. The minimum absolute atomic E-state index is 0.295. The number of nitrogens with two attached hydrogens (primary N) is 1. The van der Waals surface area contributed by atoms with E-state index in [1.165, 1.54) is 6.07 Å². The second-order valence-electron chi connectivity index (χ2n) is 4.00. The summed E-state index contributed by atoms with van der Waals surface area (Å²) in [4.78, 5) is 0. The molecule has 2 aromatic rings. The smallest absolute Gasteiger partial charge is 0.128 e. The molecule has 1 aromatic heterocycles. The summed E-state index contributed by atoms with van der Waals surface area (Å²) in [6.07, 6.45) is 1.66. The zero-order chi connectivity index (χ0) is 12.6. The molecule has 3 nitrogen and oxygen atoms in total. The Morgan fingerprint density at radius 3 is 2.76 bits per heavy atom. The Kier molecular flexibility index (Phi) is 3.31. The number of rotatable bonds is 2. The highest BCUT2D eigenvalue weighted by Gasteiger charge is 2.19. The summed E-state index contributed by atoms with van der Waals surface area (Å²) in [5.74, 6) is -0.295. The maximum atomic E-state index is 13.8. The standard InChI is InChI=1S/C12H13BrFN3/c1-7-3-4-10(14)8(5-7)11(15)12-9(13)6-16-17(12)2/h3-6,11H,15H2,1-2H3. The first kappa shape index (κ1) is 12.3. The molecule has 17 heavy (non-hydrogen) atoms. The SMILES string of the molecule is Cc1ccc(F)c(C(N)c2c(Br)cnn2C)c1. The van der Waals surface area contributed by atoms with Gasteiger partial charge in [-0.15, -0.1) is 0 Å². The van der Waals surface area contributed by atoms with E-state index in [0.29, 0.717) is 5.56 Å². The van der Waals surface area contributed by atoms with Gasteiger partial charge in [0, 0.05) is 12.6 Å². The van der Waals surface area contributed by atoms with E-state index >= 15 is 0 Å². The van der Waals surface area contributed by atoms with Crippen molar-refractivity contribution in [3.8, 4) is 0 Å². The van der Waals surface area contributed by atoms with Gasteiger partial charge in [0.25, 0.3) is 0 Å². The molecule has 0 saturated carbocycles. The number of halogens is 2. The van der Waals surface area contributed by atoms with Crippen LogP contribution in [0.25, 0.3) is 0 Å². The van der Waals surface area contributed by atoms with E-state index in [0.717, 1.165) is 15.7 Å². The van der Waals surface area contributed by atoms with Crippen molar-refractivity contribution in [3.05, 3.63) is 51.5 Å². The van der Waals surface area contributed by atoms with Crippen LogP contribution in [0.15, 0.2) is 28.9 Å². The summed E-state index contributed by atoms with van der Waals surface area (Å²) in [5, 5.41) is 4.08. The number of aryl methyl sites for hydroxylation is 2. The molecule has 0 aliphatic carbocycles. The van der Waals surface area contributed by atoms with Crippen LogP contribution in [-0.2, 0) is 7.05 Å². The van der Waals surface area contributed by atoms with Crippen molar-refractivity contribution < 1.29 is 4.39 Å². The fourth-order valence-electron chi connectivity index (χ4n) is 1.82. The van der Waals surface area contributed by atoms with Crippen molar-refractivity contribution in [2.24, 2.45) is 12.8 Å². The molecule has 2 rings (SSSR count). The lowest BCUT2D eigenvalue weighted by Gasteiger charge is -2.15. The van der Waals surface area contributed by atoms with Gasteiger partial charge in [-0.2, -0.15) is 5.10 Å². The summed E-state index contributed by atoms with van der Waals surface area (Å²) in [5.41, 5.74) is 8.32. The first-order valence-electron chi connectivity index (χ1n) is 5.19. The molecule has 2 N–H and O–H groups in total. The Labute approximate surface area is 108 Å². The van der Waals surface area contributed by atoms with E-state index in [4.69, 9.17) is 5.73 Å². The number of hydrogen-bond acceptors (Lipinski definition) is 2. The summed E-state index contributed by atoms with van der Waals surface area (Å²) in [6.45, 7) is 1.91. The van der Waals surface area contributed by atoms with Gasteiger partial charge in [-0.05, 0) is 28.9 Å². The number of hydrogen-bond donors (Lipinski definition) is 1. The molecule has 0 aliphatic heterocycles. The van der Waals surface area contributed by atoms with Crippen LogP contribution in [0.1, 0.15) is 22.9 Å². The Bertz CT molecular complexity index is 531. The quantitative estimate of drug-likeness (QED) is 0.926. The number of nitrogens with zero attached hydrogens (tertiary/aromatic N) is 2. The predicted molar refractivity (Wildman–Crippen MR) is 68.1 cm³/mol. The molecule has 5 heteroatoms. The largest absolute Gasteiger partial charge is 0.319 e. The van der Waals surface area contributed by atoms with Gasteiger partial charge in [-0.25, -0.2) is 4.39 Å². The third-order valence-electron chi connectivity index (χ3n) is 2.72. The maximum absolute atomic E-state index is 13.8. The topological polar surface area (TPSA) is 43.8 Å². The first-order chi connectivity index (χ1) is 8.00. The van der Waals surface area contributed by atoms with Crippen molar-refractivity contribution in [3.63, 3.8) is 0 Å². The molecule has 0 aliphatic rings. The Hall–Kier alpha value is -1.20. The molecular formula is C12H13BrFN3. The molecule has 0 radical (unpaired) electrons. The highest BCUT2D eigenvalue weighted by atomic mass is 79.9. The second kappa shape index (κ2) is 4.58. The average Bonchev–Trinajstić information content (AvgIpc) is 2.61. The van der Waals surface area contributed by atoms with Gasteiger partial charge < -0.3 is 5.73 Å². The molecule has 90 valence electrons. The van der Waals surface area contributed by atoms with E-state index in [1.54, 1.807) is 30.1 Å². The Morgan fingerprint density at radius 1 is 1.47 bits per heavy atom. The lowest BCUT2D eigenvalue weighted by Crippen LogP contribution is -2.18. The van der Waals surface area contributed by atoms with Crippen molar-refractivity contribution in [1.82, 2.24) is 9.78 Å². The van der Waals surface area contributed by atoms with Crippen LogP contribution in [0, 0.1) is 12.7 Å². The van der Waals surface area contributed by atoms with Gasteiger partial charge >= 0.3 is 0 Å². The molecule has 1 atom stereocenters. The highest BCUT2D eigenvalue weighted by Crippen LogP contribution is 2.28. The minimum Gasteiger partial charge on any atom is -0.319 e. The van der Waals surface area contributed by atoms with Crippen LogP contribution >= 0.6 is 15.9 Å². The van der Waals surface area contributed by atoms with E-state index in [9.17, 15) is 4.39 Å². The molecule has 0 bridgehead atoms. The van der Waals surface area contributed by atoms with E-state index in [-0.39, 0.29) is 5.82 Å². The van der Waals surface area contributed by atoms with Crippen LogP contribution in [0.2, 0.25) is 0 Å². The third-order valence-corrected chi connectivity index (χ3v) is 3.33. The highest BCUT2D eigenvalue weighted by molar-refractivity contribution is 9.10. The van der Waals surface area contributed by atoms with E-state index < -0.39 is 6.04 Å². The summed E-state index contributed by atoms with van der Waals surface area (Å²) in [6, 6.07) is 4.40. The van der Waals surface area contributed by atoms with Crippen molar-refractivity contribution in [1.29, 1.82) is 0 Å². The Morgan fingerprint density at radius 2 is 2.18 bits per heavy atom. The lowest BCUT2D eigenvalue weighted by molar-refractivity contribution is 0.585. The lowest BCUT2D eigenvalue weighted by atomic mass is 10.0.